The van der Waals surface area contributed by atoms with Gasteiger partial charge in [-0.3, -0.25) is 9.79 Å². The quantitative estimate of drug-likeness (QED) is 0.486. The van der Waals surface area contributed by atoms with Crippen LogP contribution >= 0.6 is 23.2 Å². The van der Waals surface area contributed by atoms with E-state index in [0.717, 1.165) is 6.92 Å². The highest BCUT2D eigenvalue weighted by Gasteiger charge is 2.75. The summed E-state index contributed by atoms with van der Waals surface area (Å²) in [6.07, 6.45) is 0.757. The first-order valence-electron chi connectivity index (χ1n) is 11.4. The van der Waals surface area contributed by atoms with Crippen molar-refractivity contribution in [2.45, 2.75) is 76.0 Å². The van der Waals surface area contributed by atoms with Crippen LogP contribution < -0.4 is 10.6 Å². The molecule has 1 atom stereocenters. The van der Waals surface area contributed by atoms with E-state index in [1.165, 1.54) is 4.31 Å². The predicted molar refractivity (Wildman–Crippen MR) is 133 cm³/mol. The van der Waals surface area contributed by atoms with E-state index in [0.29, 0.717) is 40.7 Å². The molecule has 4 aliphatic rings. The van der Waals surface area contributed by atoms with Gasteiger partial charge in [0.25, 0.3) is 0 Å². The summed E-state index contributed by atoms with van der Waals surface area (Å²) in [5.74, 6) is -3.23. The van der Waals surface area contributed by atoms with E-state index in [1.54, 1.807) is 25.2 Å². The van der Waals surface area contributed by atoms with E-state index < -0.39 is 45.2 Å². The molecule has 1 amide bonds. The highest BCUT2D eigenvalue weighted by molar-refractivity contribution is 7.89. The largest absolute Gasteiger partial charge is 0.366 e. The van der Waals surface area contributed by atoms with E-state index >= 15 is 0 Å². The Kier molecular flexibility index (Phi) is 6.48. The number of rotatable bonds is 9. The van der Waals surface area contributed by atoms with E-state index in [-0.39, 0.29) is 17.9 Å². The second kappa shape index (κ2) is 8.53. The Morgan fingerprint density at radius 2 is 1.89 bits per heavy atom. The number of nitrogens with zero attached hydrogens (tertiary/aromatic N) is 2. The summed E-state index contributed by atoms with van der Waals surface area (Å²) in [5, 5.41) is 6.65. The minimum absolute atomic E-state index is 0.0108. The lowest BCUT2D eigenvalue weighted by atomic mass is 9.38. The van der Waals surface area contributed by atoms with E-state index in [9.17, 15) is 22.0 Å². The lowest BCUT2D eigenvalue weighted by Crippen LogP contribution is -2.78. The van der Waals surface area contributed by atoms with Gasteiger partial charge in [0.15, 0.2) is 6.04 Å². The van der Waals surface area contributed by atoms with Gasteiger partial charge in [-0.2, -0.15) is 4.31 Å². The Hall–Kier alpha value is -1.49. The molecule has 0 aromatic heterocycles. The monoisotopic (exact) mass is 550 g/mol. The fraction of sp³-hybridized carbons (Fsp3) is 0.652. The molecule has 12 heteroatoms. The first kappa shape index (κ1) is 26.6. The summed E-state index contributed by atoms with van der Waals surface area (Å²) in [7, 11) is -2.44. The topological polar surface area (TPSA) is 90.9 Å². The molecule has 3 fully saturated rings. The molecule has 3 aliphatic carbocycles. The van der Waals surface area contributed by atoms with Gasteiger partial charge < -0.3 is 10.6 Å². The number of sulfonamides is 1. The van der Waals surface area contributed by atoms with Crippen LogP contribution in [0.5, 0.6) is 0 Å². The molecule has 1 aliphatic heterocycles. The molecule has 2 N–H and O–H groups in total. The van der Waals surface area contributed by atoms with Crippen LogP contribution in [0, 0.1) is 5.41 Å². The van der Waals surface area contributed by atoms with Crippen molar-refractivity contribution in [3.63, 3.8) is 0 Å². The highest BCUT2D eigenvalue weighted by atomic mass is 35.5. The van der Waals surface area contributed by atoms with Crippen LogP contribution in [0.25, 0.3) is 0 Å². The number of likely N-dealkylation sites (N-methyl/N-ethyl adjacent to an activating group) is 1. The maximum absolute atomic E-state index is 13.5. The van der Waals surface area contributed by atoms with Crippen LogP contribution in [0.2, 0.25) is 10.0 Å². The van der Waals surface area contributed by atoms with Crippen molar-refractivity contribution in [3.8, 4) is 0 Å². The number of carbonyl (C=O) groups excluding carboxylic acids is 1. The number of carbonyl (C=O) groups is 1. The average molecular weight is 551 g/mol. The summed E-state index contributed by atoms with van der Waals surface area (Å²) >= 11 is 12.1. The Balaban J connectivity index is 1.58. The Morgan fingerprint density at radius 1 is 1.26 bits per heavy atom. The molecule has 2 bridgehead atoms. The van der Waals surface area contributed by atoms with Gasteiger partial charge in [-0.05, 0) is 57.7 Å². The van der Waals surface area contributed by atoms with Crippen molar-refractivity contribution in [2.75, 3.05) is 12.8 Å². The predicted octanol–water partition coefficient (Wildman–Crippen LogP) is 3.99. The van der Waals surface area contributed by atoms with Crippen LogP contribution in [-0.2, 0) is 21.4 Å². The van der Waals surface area contributed by atoms with Crippen LogP contribution in [0.3, 0.4) is 0 Å². The first-order valence-corrected chi connectivity index (χ1v) is 13.8. The molecule has 3 saturated carbocycles. The van der Waals surface area contributed by atoms with Crippen molar-refractivity contribution in [3.05, 3.63) is 33.8 Å². The van der Waals surface area contributed by atoms with Gasteiger partial charge in [0.2, 0.25) is 21.9 Å². The van der Waals surface area contributed by atoms with Gasteiger partial charge in [0.05, 0.1) is 21.3 Å². The lowest BCUT2D eigenvalue weighted by Gasteiger charge is -2.73. The minimum Gasteiger partial charge on any atom is -0.366 e. The zero-order valence-electron chi connectivity index (χ0n) is 20.1. The van der Waals surface area contributed by atoms with Crippen LogP contribution in [-0.4, -0.2) is 60.3 Å². The van der Waals surface area contributed by atoms with Crippen LogP contribution in [0.4, 0.5) is 8.78 Å². The van der Waals surface area contributed by atoms with E-state index in [1.807, 2.05) is 13.8 Å². The zero-order valence-corrected chi connectivity index (χ0v) is 22.4. The molecule has 35 heavy (non-hydrogen) atoms. The highest BCUT2D eigenvalue weighted by Crippen LogP contribution is 2.71. The zero-order chi connectivity index (χ0) is 26.0. The number of nitrogens with one attached hydrogen (secondary N) is 2. The first-order chi connectivity index (χ1) is 16.0. The van der Waals surface area contributed by atoms with Gasteiger partial charge in [-0.25, -0.2) is 17.2 Å². The Morgan fingerprint density at radius 3 is 2.43 bits per heavy atom. The van der Waals surface area contributed by atoms with Crippen LogP contribution in [0.15, 0.2) is 23.2 Å². The SMILES string of the molecule is CNC(=O)[C@@H]1N=C(C23CC(N(Cc4ccc(Cl)c(Cl)c4)S(=O)(=O)CCC(C)(F)F)(C2)C3)NC1(C)C. The molecular formula is C23H30Cl2F2N4O3S. The number of amidine groups is 1. The third-order valence-corrected chi connectivity index (χ3v) is 10.0. The van der Waals surface area contributed by atoms with Crippen molar-refractivity contribution < 1.29 is 22.0 Å². The molecule has 0 radical (unpaired) electrons. The smallest absolute Gasteiger partial charge is 0.247 e. The molecule has 5 rings (SSSR count). The van der Waals surface area contributed by atoms with E-state index in [2.05, 4.69) is 15.6 Å². The maximum atomic E-state index is 13.5. The third-order valence-electron chi connectivity index (χ3n) is 7.36. The number of aliphatic imine (C=N–C) groups is 1. The molecule has 0 saturated heterocycles. The summed E-state index contributed by atoms with van der Waals surface area (Å²) in [4.78, 5) is 17.0. The summed E-state index contributed by atoms with van der Waals surface area (Å²) in [6, 6.07) is 4.29. The van der Waals surface area contributed by atoms with Gasteiger partial charge in [0.1, 0.15) is 5.84 Å². The summed E-state index contributed by atoms with van der Waals surface area (Å²) in [6.45, 7) is 4.53. The molecular weight excluding hydrogens is 521 g/mol. The third kappa shape index (κ3) is 4.79. The number of hydrogen-bond donors (Lipinski definition) is 2. The van der Waals surface area contributed by atoms with Gasteiger partial charge in [-0.15, -0.1) is 0 Å². The van der Waals surface area contributed by atoms with Gasteiger partial charge in [0, 0.05) is 31.0 Å². The number of hydrogen-bond acceptors (Lipinski definition) is 5. The molecule has 0 spiro atoms. The van der Waals surface area contributed by atoms with Gasteiger partial charge in [-0.1, -0.05) is 29.3 Å². The number of halogens is 4. The maximum Gasteiger partial charge on any atom is 0.247 e. The normalized spacial score (nSPS) is 29.2. The molecule has 7 nitrogen and oxygen atoms in total. The number of amides is 1. The van der Waals surface area contributed by atoms with Crippen molar-refractivity contribution in [1.82, 2.24) is 14.9 Å². The van der Waals surface area contributed by atoms with E-state index in [4.69, 9.17) is 23.2 Å². The van der Waals surface area contributed by atoms with Crippen molar-refractivity contribution >= 4 is 45.0 Å². The Bertz CT molecular complexity index is 1160. The molecule has 194 valence electrons. The molecule has 1 heterocycles. The minimum atomic E-state index is -4.01. The lowest BCUT2D eigenvalue weighted by molar-refractivity contribution is -0.151. The molecule has 1 aromatic carbocycles. The number of alkyl halides is 2. The molecule has 1 aromatic rings. The van der Waals surface area contributed by atoms with Crippen molar-refractivity contribution in [2.24, 2.45) is 10.4 Å². The summed E-state index contributed by atoms with van der Waals surface area (Å²) in [5.41, 5.74) is -0.980. The summed E-state index contributed by atoms with van der Waals surface area (Å²) < 4.78 is 55.1. The second-order valence-corrected chi connectivity index (χ2v) is 13.6. The average Bonchev–Trinajstić information content (AvgIpc) is 3.00. The fourth-order valence-electron chi connectivity index (χ4n) is 5.52. The molecule has 0 unspecified atom stereocenters. The van der Waals surface area contributed by atoms with Gasteiger partial charge >= 0.3 is 0 Å². The standard InChI is InChI=1S/C23H30Cl2F2N4O3S/c1-20(2)17(18(32)28-4)29-19(30-20)22-11-23(12-22,13-22)31(35(33,34)8-7-21(3,26)27)10-14-5-6-15(24)16(25)9-14/h5-6,9,17H,7-8,10-13H2,1-4H3,(H,28,32)(H,29,30)/t17-,22?,23?/m0/s1. The fourth-order valence-corrected chi connectivity index (χ4v) is 7.81. The van der Waals surface area contributed by atoms with Crippen LogP contribution in [0.1, 0.15) is 52.0 Å². The Labute approximate surface area is 214 Å². The number of benzene rings is 1. The second-order valence-electron chi connectivity index (χ2n) is 10.8. The van der Waals surface area contributed by atoms with Crippen molar-refractivity contribution in [1.29, 1.82) is 0 Å².